The van der Waals surface area contributed by atoms with E-state index in [1.807, 2.05) is 0 Å². The Morgan fingerprint density at radius 2 is 2.33 bits per heavy atom. The summed E-state index contributed by atoms with van der Waals surface area (Å²) in [5.41, 5.74) is 1.82. The van der Waals surface area contributed by atoms with Gasteiger partial charge in [0.1, 0.15) is 11.3 Å². The minimum absolute atomic E-state index is 0.157. The number of amides is 2. The Morgan fingerprint density at radius 3 is 3.08 bits per heavy atom. The summed E-state index contributed by atoms with van der Waals surface area (Å²) in [6.07, 6.45) is 3.30. The molecule has 126 valence electrons. The number of rotatable bonds is 4. The van der Waals surface area contributed by atoms with Gasteiger partial charge in [0.15, 0.2) is 0 Å². The smallest absolute Gasteiger partial charge is 0.270 e. The van der Waals surface area contributed by atoms with Gasteiger partial charge in [-0.25, -0.2) is 4.98 Å². The van der Waals surface area contributed by atoms with Gasteiger partial charge in [0.25, 0.3) is 17.4 Å². The fourth-order valence-corrected chi connectivity index (χ4v) is 3.36. The standard InChI is InChI=1S/C16H18N4O3S/c21-14-12(4-1-5-17-14)16(23)20-6-2-3-11(8-20)7-18-15(22)13-9-24-10-19-13/h1,4-5,9-11H,2-3,6-8H2,(H,17,21)(H,18,22). The third kappa shape index (κ3) is 3.70. The van der Waals surface area contributed by atoms with Gasteiger partial charge >= 0.3 is 0 Å². The minimum atomic E-state index is -0.374. The number of piperidine rings is 1. The van der Waals surface area contributed by atoms with Gasteiger partial charge in [-0.1, -0.05) is 0 Å². The number of aromatic amines is 1. The van der Waals surface area contributed by atoms with Crippen LogP contribution in [0.25, 0.3) is 0 Å². The Labute approximate surface area is 142 Å². The van der Waals surface area contributed by atoms with E-state index in [1.165, 1.54) is 23.6 Å². The van der Waals surface area contributed by atoms with Crippen molar-refractivity contribution in [1.82, 2.24) is 20.2 Å². The maximum absolute atomic E-state index is 12.5. The summed E-state index contributed by atoms with van der Waals surface area (Å²) in [7, 11) is 0. The van der Waals surface area contributed by atoms with Crippen LogP contribution in [0.2, 0.25) is 0 Å². The maximum Gasteiger partial charge on any atom is 0.270 e. The van der Waals surface area contributed by atoms with Gasteiger partial charge in [0.2, 0.25) is 0 Å². The monoisotopic (exact) mass is 346 g/mol. The zero-order valence-electron chi connectivity index (χ0n) is 13.0. The van der Waals surface area contributed by atoms with Crippen molar-refractivity contribution in [2.24, 2.45) is 5.92 Å². The molecule has 1 unspecified atom stereocenters. The Balaban J connectivity index is 1.58. The quantitative estimate of drug-likeness (QED) is 0.867. The molecule has 0 bridgehead atoms. The highest BCUT2D eigenvalue weighted by Crippen LogP contribution is 2.17. The summed E-state index contributed by atoms with van der Waals surface area (Å²) >= 11 is 1.38. The molecule has 7 nitrogen and oxygen atoms in total. The average Bonchev–Trinajstić information content (AvgIpc) is 3.14. The summed E-state index contributed by atoms with van der Waals surface area (Å²) in [6.45, 7) is 1.65. The molecule has 1 aliphatic rings. The summed E-state index contributed by atoms with van der Waals surface area (Å²) in [6, 6.07) is 3.18. The van der Waals surface area contributed by atoms with Crippen LogP contribution in [0.4, 0.5) is 0 Å². The van der Waals surface area contributed by atoms with Crippen molar-refractivity contribution in [2.45, 2.75) is 12.8 Å². The lowest BCUT2D eigenvalue weighted by Gasteiger charge is -2.32. The molecule has 0 spiro atoms. The van der Waals surface area contributed by atoms with E-state index in [1.54, 1.807) is 21.9 Å². The Kier molecular flexibility index (Phi) is 5.05. The average molecular weight is 346 g/mol. The Morgan fingerprint density at radius 1 is 1.46 bits per heavy atom. The second-order valence-corrected chi connectivity index (χ2v) is 6.47. The van der Waals surface area contributed by atoms with Crippen LogP contribution in [0.3, 0.4) is 0 Å². The first-order valence-electron chi connectivity index (χ1n) is 7.78. The van der Waals surface area contributed by atoms with E-state index >= 15 is 0 Å². The molecule has 24 heavy (non-hydrogen) atoms. The van der Waals surface area contributed by atoms with E-state index in [9.17, 15) is 14.4 Å². The lowest BCUT2D eigenvalue weighted by Crippen LogP contribution is -2.44. The molecular formula is C16H18N4O3S. The predicted octanol–water partition coefficient (Wildman–Crippen LogP) is 1.11. The number of hydrogen-bond acceptors (Lipinski definition) is 5. The first kappa shape index (κ1) is 16.4. The van der Waals surface area contributed by atoms with Gasteiger partial charge in [0.05, 0.1) is 5.51 Å². The normalized spacial score (nSPS) is 17.5. The molecule has 0 aromatic carbocycles. The summed E-state index contributed by atoms with van der Waals surface area (Å²) in [4.78, 5) is 44.4. The number of H-pyrrole nitrogens is 1. The van der Waals surface area contributed by atoms with Crippen LogP contribution in [0.5, 0.6) is 0 Å². The topological polar surface area (TPSA) is 95.2 Å². The highest BCUT2D eigenvalue weighted by molar-refractivity contribution is 7.07. The number of nitrogens with zero attached hydrogens (tertiary/aromatic N) is 2. The highest BCUT2D eigenvalue weighted by Gasteiger charge is 2.26. The maximum atomic E-state index is 12.5. The van der Waals surface area contributed by atoms with Gasteiger partial charge in [-0.3, -0.25) is 14.4 Å². The van der Waals surface area contributed by atoms with Gasteiger partial charge < -0.3 is 15.2 Å². The molecular weight excluding hydrogens is 328 g/mol. The van der Waals surface area contributed by atoms with Crippen molar-refractivity contribution in [3.05, 3.63) is 50.8 Å². The molecule has 8 heteroatoms. The summed E-state index contributed by atoms with van der Waals surface area (Å²) < 4.78 is 0. The van der Waals surface area contributed by atoms with Crippen molar-refractivity contribution in [3.63, 3.8) is 0 Å². The number of hydrogen-bond donors (Lipinski definition) is 2. The second kappa shape index (κ2) is 7.39. The van der Waals surface area contributed by atoms with Crippen molar-refractivity contribution in [3.8, 4) is 0 Å². The number of likely N-dealkylation sites (tertiary alicyclic amines) is 1. The molecule has 1 atom stereocenters. The zero-order chi connectivity index (χ0) is 16.9. The molecule has 1 saturated heterocycles. The van der Waals surface area contributed by atoms with E-state index in [2.05, 4.69) is 15.3 Å². The number of aromatic nitrogens is 2. The molecule has 2 aromatic rings. The van der Waals surface area contributed by atoms with E-state index in [4.69, 9.17) is 0 Å². The van der Waals surface area contributed by atoms with Crippen LogP contribution in [0, 0.1) is 5.92 Å². The van der Waals surface area contributed by atoms with E-state index < -0.39 is 0 Å². The van der Waals surface area contributed by atoms with Crippen molar-refractivity contribution < 1.29 is 9.59 Å². The highest BCUT2D eigenvalue weighted by atomic mass is 32.1. The molecule has 1 fully saturated rings. The molecule has 3 heterocycles. The number of nitrogens with one attached hydrogen (secondary N) is 2. The van der Waals surface area contributed by atoms with Crippen LogP contribution in [0.1, 0.15) is 33.7 Å². The zero-order valence-corrected chi connectivity index (χ0v) is 13.8. The first-order valence-corrected chi connectivity index (χ1v) is 8.73. The molecule has 2 N–H and O–H groups in total. The molecule has 2 amide bonds. The van der Waals surface area contributed by atoms with Crippen molar-refractivity contribution in [2.75, 3.05) is 19.6 Å². The third-order valence-electron chi connectivity index (χ3n) is 4.07. The van der Waals surface area contributed by atoms with Gasteiger partial charge in [-0.15, -0.1) is 11.3 Å². The first-order chi connectivity index (χ1) is 11.6. The second-order valence-electron chi connectivity index (χ2n) is 5.76. The van der Waals surface area contributed by atoms with Gasteiger partial charge in [-0.2, -0.15) is 0 Å². The SMILES string of the molecule is O=C(NCC1CCCN(C(=O)c2ccc[nH]c2=O)C1)c1cscn1. The number of carbonyl (C=O) groups excluding carboxylic acids is 2. The van der Waals surface area contributed by atoms with E-state index in [0.29, 0.717) is 25.3 Å². The number of thiazole rings is 1. The Bertz CT molecular complexity index is 772. The summed E-state index contributed by atoms with van der Waals surface area (Å²) in [5, 5.41) is 4.57. The Hall–Kier alpha value is -2.48. The van der Waals surface area contributed by atoms with Crippen LogP contribution in [0.15, 0.2) is 34.0 Å². The van der Waals surface area contributed by atoms with Crippen LogP contribution in [-0.2, 0) is 0 Å². The predicted molar refractivity (Wildman–Crippen MR) is 90.1 cm³/mol. The van der Waals surface area contributed by atoms with Crippen molar-refractivity contribution >= 4 is 23.2 Å². The fourth-order valence-electron chi connectivity index (χ4n) is 2.83. The molecule has 0 saturated carbocycles. The van der Waals surface area contributed by atoms with E-state index in [0.717, 1.165) is 12.8 Å². The molecule has 2 aromatic heterocycles. The summed E-state index contributed by atoms with van der Waals surface area (Å²) in [5.74, 6) is -0.278. The van der Waals surface area contributed by atoms with E-state index in [-0.39, 0.29) is 28.9 Å². The van der Waals surface area contributed by atoms with Crippen LogP contribution >= 0.6 is 11.3 Å². The van der Waals surface area contributed by atoms with Crippen LogP contribution < -0.4 is 10.9 Å². The molecule has 0 radical (unpaired) electrons. The number of pyridine rings is 1. The third-order valence-corrected chi connectivity index (χ3v) is 4.66. The lowest BCUT2D eigenvalue weighted by atomic mass is 9.97. The van der Waals surface area contributed by atoms with Gasteiger partial charge in [-0.05, 0) is 30.9 Å². The fraction of sp³-hybridized carbons (Fsp3) is 0.375. The number of carbonyl (C=O) groups is 2. The van der Waals surface area contributed by atoms with Crippen LogP contribution in [-0.4, -0.2) is 46.3 Å². The minimum Gasteiger partial charge on any atom is -0.350 e. The largest absolute Gasteiger partial charge is 0.350 e. The molecule has 1 aliphatic heterocycles. The van der Waals surface area contributed by atoms with Crippen molar-refractivity contribution in [1.29, 1.82) is 0 Å². The van der Waals surface area contributed by atoms with Gasteiger partial charge in [0, 0.05) is 31.2 Å². The molecule has 3 rings (SSSR count). The lowest BCUT2D eigenvalue weighted by molar-refractivity contribution is 0.0669. The molecule has 0 aliphatic carbocycles.